The zero-order valence-electron chi connectivity index (χ0n) is 9.71. The van der Waals surface area contributed by atoms with Crippen molar-refractivity contribution in [2.24, 2.45) is 0 Å². The Balaban J connectivity index is 2.38. The molecule has 0 aliphatic carbocycles. The normalized spacial score (nSPS) is 11.1. The van der Waals surface area contributed by atoms with E-state index in [0.717, 1.165) is 0 Å². The van der Waals surface area contributed by atoms with Crippen molar-refractivity contribution in [3.8, 4) is 0 Å². The van der Waals surface area contributed by atoms with E-state index in [1.54, 1.807) is 0 Å². The molecule has 8 heteroatoms. The summed E-state index contributed by atoms with van der Waals surface area (Å²) in [7, 11) is 1.47. The first-order chi connectivity index (χ1) is 8.42. The molecule has 0 aliphatic rings. The summed E-state index contributed by atoms with van der Waals surface area (Å²) in [6, 6.07) is 2.93. The van der Waals surface area contributed by atoms with Gasteiger partial charge in [0.1, 0.15) is 5.82 Å². The quantitative estimate of drug-likeness (QED) is 0.791. The van der Waals surface area contributed by atoms with Gasteiger partial charge in [0.15, 0.2) is 5.69 Å². The van der Waals surface area contributed by atoms with Gasteiger partial charge in [-0.2, -0.15) is 13.2 Å². The maximum absolute atomic E-state index is 11.9. The van der Waals surface area contributed by atoms with E-state index < -0.39 is 12.6 Å². The molecule has 0 atom stereocenters. The second-order valence-electron chi connectivity index (χ2n) is 3.53. The first-order valence-electron chi connectivity index (χ1n) is 5.29. The van der Waals surface area contributed by atoms with Gasteiger partial charge < -0.3 is 10.6 Å². The Bertz CT molecular complexity index is 391. The van der Waals surface area contributed by atoms with Crippen LogP contribution in [0.4, 0.5) is 19.0 Å². The number of nitrogens with zero attached hydrogens (tertiary/aromatic N) is 2. The van der Waals surface area contributed by atoms with E-state index in [0.29, 0.717) is 5.82 Å². The molecule has 0 radical (unpaired) electrons. The fourth-order valence-electron chi connectivity index (χ4n) is 1.18. The van der Waals surface area contributed by atoms with Crippen molar-refractivity contribution in [3.63, 3.8) is 0 Å². The van der Waals surface area contributed by atoms with Crippen molar-refractivity contribution in [1.29, 1.82) is 0 Å². The Hall–Kier alpha value is -1.86. The Morgan fingerprint density at radius 3 is 2.56 bits per heavy atom. The molecule has 0 bridgehead atoms. The highest BCUT2D eigenvalue weighted by Gasteiger charge is 2.25. The standard InChI is InChI=1S/C10H13F3N4O/c1-14-9(18)7-3-4-8(17-16-7)15-6-2-5-10(11,12)13/h3-4H,2,5-6H2,1H3,(H,14,18)(H,15,17). The highest BCUT2D eigenvalue weighted by Crippen LogP contribution is 2.21. The number of alkyl halides is 3. The van der Waals surface area contributed by atoms with Crippen molar-refractivity contribution in [2.75, 3.05) is 18.9 Å². The van der Waals surface area contributed by atoms with Crippen molar-refractivity contribution in [2.45, 2.75) is 19.0 Å². The van der Waals surface area contributed by atoms with Crippen LogP contribution in [-0.2, 0) is 0 Å². The zero-order chi connectivity index (χ0) is 13.6. The molecule has 0 fully saturated rings. The van der Waals surface area contributed by atoms with Crippen molar-refractivity contribution in [1.82, 2.24) is 15.5 Å². The van der Waals surface area contributed by atoms with Crippen LogP contribution in [-0.4, -0.2) is 35.9 Å². The minimum atomic E-state index is -4.14. The van der Waals surface area contributed by atoms with Crippen LogP contribution in [0.3, 0.4) is 0 Å². The van der Waals surface area contributed by atoms with Gasteiger partial charge in [0.05, 0.1) is 0 Å². The van der Waals surface area contributed by atoms with Gasteiger partial charge in [-0.25, -0.2) is 0 Å². The average Bonchev–Trinajstić information content (AvgIpc) is 2.33. The molecule has 18 heavy (non-hydrogen) atoms. The molecular weight excluding hydrogens is 249 g/mol. The summed E-state index contributed by atoms with van der Waals surface area (Å²) < 4.78 is 35.6. The number of carbonyl (C=O) groups is 1. The van der Waals surface area contributed by atoms with E-state index >= 15 is 0 Å². The second kappa shape index (κ2) is 6.18. The molecule has 1 rings (SSSR count). The molecule has 1 heterocycles. The Kier molecular flexibility index (Phi) is 4.87. The molecular formula is C10H13F3N4O. The lowest BCUT2D eigenvalue weighted by atomic mass is 10.3. The first kappa shape index (κ1) is 14.2. The molecule has 0 unspecified atom stereocenters. The van der Waals surface area contributed by atoms with E-state index in [1.165, 1.54) is 19.2 Å². The van der Waals surface area contributed by atoms with Gasteiger partial charge in [-0.1, -0.05) is 0 Å². The third-order valence-electron chi connectivity index (χ3n) is 2.07. The molecule has 5 nitrogen and oxygen atoms in total. The number of aromatic nitrogens is 2. The number of halogens is 3. The molecule has 0 aliphatic heterocycles. The van der Waals surface area contributed by atoms with Crippen LogP contribution in [0.5, 0.6) is 0 Å². The van der Waals surface area contributed by atoms with E-state index in [9.17, 15) is 18.0 Å². The largest absolute Gasteiger partial charge is 0.389 e. The molecule has 0 saturated carbocycles. The summed E-state index contributed by atoms with van der Waals surface area (Å²) in [6.07, 6.45) is -5.03. The number of anilines is 1. The van der Waals surface area contributed by atoms with Crippen LogP contribution in [0.1, 0.15) is 23.3 Å². The first-order valence-corrected chi connectivity index (χ1v) is 5.29. The van der Waals surface area contributed by atoms with Crippen molar-refractivity contribution in [3.05, 3.63) is 17.8 Å². The zero-order valence-corrected chi connectivity index (χ0v) is 9.71. The molecule has 0 aromatic carbocycles. The predicted octanol–water partition coefficient (Wildman–Crippen LogP) is 1.59. The van der Waals surface area contributed by atoms with Crippen molar-refractivity contribution >= 4 is 11.7 Å². The van der Waals surface area contributed by atoms with Crippen LogP contribution in [0, 0.1) is 0 Å². The summed E-state index contributed by atoms with van der Waals surface area (Å²) in [5.74, 6) is -0.0315. The third-order valence-corrected chi connectivity index (χ3v) is 2.07. The Morgan fingerprint density at radius 1 is 1.33 bits per heavy atom. The van der Waals surface area contributed by atoms with Gasteiger partial charge in [-0.3, -0.25) is 4.79 Å². The molecule has 2 N–H and O–H groups in total. The Labute approximate surface area is 102 Å². The fraction of sp³-hybridized carbons (Fsp3) is 0.500. The van der Waals surface area contributed by atoms with E-state index in [-0.39, 0.29) is 24.6 Å². The lowest BCUT2D eigenvalue weighted by Gasteiger charge is -2.07. The van der Waals surface area contributed by atoms with Gasteiger partial charge >= 0.3 is 6.18 Å². The number of rotatable bonds is 5. The smallest absolute Gasteiger partial charge is 0.369 e. The Morgan fingerprint density at radius 2 is 2.06 bits per heavy atom. The summed E-state index contributed by atoms with van der Waals surface area (Å²) >= 11 is 0. The second-order valence-corrected chi connectivity index (χ2v) is 3.53. The molecule has 0 spiro atoms. The number of carbonyl (C=O) groups excluding carboxylic acids is 1. The van der Waals surface area contributed by atoms with E-state index in [4.69, 9.17) is 0 Å². The van der Waals surface area contributed by atoms with E-state index in [2.05, 4.69) is 20.8 Å². The molecule has 1 amide bonds. The summed E-state index contributed by atoms with van der Waals surface area (Å²) in [6.45, 7) is 0.146. The lowest BCUT2D eigenvalue weighted by Crippen LogP contribution is -2.20. The minimum Gasteiger partial charge on any atom is -0.369 e. The highest BCUT2D eigenvalue weighted by atomic mass is 19.4. The summed E-state index contributed by atoms with van der Waals surface area (Å²) in [4.78, 5) is 11.1. The van der Waals surface area contributed by atoms with Crippen molar-refractivity contribution < 1.29 is 18.0 Å². The van der Waals surface area contributed by atoms with Crippen LogP contribution >= 0.6 is 0 Å². The SMILES string of the molecule is CNC(=O)c1ccc(NCCCC(F)(F)F)nn1. The average molecular weight is 262 g/mol. The molecule has 100 valence electrons. The number of nitrogens with one attached hydrogen (secondary N) is 2. The van der Waals surface area contributed by atoms with Gasteiger partial charge in [-0.05, 0) is 18.6 Å². The summed E-state index contributed by atoms with van der Waals surface area (Å²) in [5.41, 5.74) is 0.151. The third kappa shape index (κ3) is 4.98. The number of hydrogen-bond acceptors (Lipinski definition) is 4. The monoisotopic (exact) mass is 262 g/mol. The van der Waals surface area contributed by atoms with Crippen LogP contribution in [0.25, 0.3) is 0 Å². The molecule has 1 aromatic rings. The van der Waals surface area contributed by atoms with Crippen LogP contribution in [0.2, 0.25) is 0 Å². The van der Waals surface area contributed by atoms with E-state index in [1.807, 2.05) is 0 Å². The van der Waals surface area contributed by atoms with Crippen LogP contribution in [0.15, 0.2) is 12.1 Å². The maximum Gasteiger partial charge on any atom is 0.389 e. The lowest BCUT2D eigenvalue weighted by molar-refractivity contribution is -0.134. The highest BCUT2D eigenvalue weighted by molar-refractivity contribution is 5.91. The summed E-state index contributed by atoms with van der Waals surface area (Å²) in [5, 5.41) is 12.4. The van der Waals surface area contributed by atoms with Crippen LogP contribution < -0.4 is 10.6 Å². The molecule has 0 saturated heterocycles. The molecule has 1 aromatic heterocycles. The van der Waals surface area contributed by atoms with Gasteiger partial charge in [0.2, 0.25) is 0 Å². The maximum atomic E-state index is 11.9. The number of amides is 1. The predicted molar refractivity (Wildman–Crippen MR) is 59.2 cm³/mol. The van der Waals surface area contributed by atoms with Gasteiger partial charge in [0.25, 0.3) is 5.91 Å². The van der Waals surface area contributed by atoms with Gasteiger partial charge in [0, 0.05) is 20.0 Å². The minimum absolute atomic E-state index is 0.0393. The van der Waals surface area contributed by atoms with Gasteiger partial charge in [-0.15, -0.1) is 10.2 Å². The fourth-order valence-corrected chi connectivity index (χ4v) is 1.18. The number of hydrogen-bond donors (Lipinski definition) is 2. The topological polar surface area (TPSA) is 66.9 Å².